The first-order valence-electron chi connectivity index (χ1n) is 6.74. The number of carbonyl (C=O) groups excluding carboxylic acids is 1. The molecule has 114 valence electrons. The Balaban J connectivity index is 2.10. The molecule has 6 nitrogen and oxygen atoms in total. The van der Waals surface area contributed by atoms with Gasteiger partial charge in [0.05, 0.1) is 12.7 Å². The average molecular weight is 317 g/mol. The Labute approximate surface area is 131 Å². The van der Waals surface area contributed by atoms with Crippen LogP contribution in [-0.4, -0.2) is 29.2 Å². The van der Waals surface area contributed by atoms with Crippen LogP contribution < -0.4 is 15.6 Å². The number of anilines is 1. The van der Waals surface area contributed by atoms with Crippen LogP contribution in [0.25, 0.3) is 0 Å². The van der Waals surface area contributed by atoms with E-state index in [0.717, 1.165) is 11.3 Å². The van der Waals surface area contributed by atoms with Crippen LogP contribution in [0.2, 0.25) is 0 Å². The lowest BCUT2D eigenvalue weighted by molar-refractivity contribution is -0.116. The van der Waals surface area contributed by atoms with Crippen molar-refractivity contribution in [1.29, 1.82) is 0 Å². The molecule has 2 aromatic rings. The zero-order chi connectivity index (χ0) is 15.7. The summed E-state index contributed by atoms with van der Waals surface area (Å²) < 4.78 is 5.14. The van der Waals surface area contributed by atoms with Crippen LogP contribution in [0.5, 0.6) is 5.75 Å². The molecule has 1 aromatic heterocycles. The minimum Gasteiger partial charge on any atom is -0.497 e. The van der Waals surface area contributed by atoms with Crippen LogP contribution in [0.1, 0.15) is 23.5 Å². The largest absolute Gasteiger partial charge is 0.497 e. The number of ether oxygens (including phenoxy) is 1. The molecular formula is C15H15N3O3S. The summed E-state index contributed by atoms with van der Waals surface area (Å²) in [5.41, 5.74) is 1.18. The Hall–Kier alpha value is -2.28. The van der Waals surface area contributed by atoms with E-state index in [-0.39, 0.29) is 23.8 Å². The van der Waals surface area contributed by atoms with Gasteiger partial charge >= 0.3 is 0 Å². The molecule has 1 aliphatic heterocycles. The topological polar surface area (TPSA) is 84.1 Å². The van der Waals surface area contributed by atoms with Crippen molar-refractivity contribution >= 4 is 23.5 Å². The molecule has 2 heterocycles. The van der Waals surface area contributed by atoms with Gasteiger partial charge in [0.1, 0.15) is 11.6 Å². The van der Waals surface area contributed by atoms with Gasteiger partial charge in [-0.15, -0.1) is 0 Å². The van der Waals surface area contributed by atoms with E-state index in [1.165, 1.54) is 11.8 Å². The summed E-state index contributed by atoms with van der Waals surface area (Å²) in [7, 11) is 1.59. The average Bonchev–Trinajstić information content (AvgIpc) is 2.53. The number of nitrogens with one attached hydrogen (secondary N) is 2. The molecule has 1 atom stereocenters. The fraction of sp³-hybridized carbons (Fsp3) is 0.267. The molecular weight excluding hydrogens is 302 g/mol. The molecule has 3 rings (SSSR count). The van der Waals surface area contributed by atoms with Crippen LogP contribution in [0.15, 0.2) is 34.2 Å². The number of H-pyrrole nitrogens is 1. The third-order valence-electron chi connectivity index (χ3n) is 3.64. The summed E-state index contributed by atoms with van der Waals surface area (Å²) in [6.07, 6.45) is 2.04. The first kappa shape index (κ1) is 14.6. The lowest BCUT2D eigenvalue weighted by atomic mass is 9.87. The predicted molar refractivity (Wildman–Crippen MR) is 84.7 cm³/mol. The van der Waals surface area contributed by atoms with Crippen molar-refractivity contribution < 1.29 is 9.53 Å². The molecule has 0 saturated heterocycles. The number of amides is 1. The third-order valence-corrected chi connectivity index (χ3v) is 4.22. The third kappa shape index (κ3) is 2.59. The maximum atomic E-state index is 12.4. The van der Waals surface area contributed by atoms with Crippen molar-refractivity contribution in [2.45, 2.75) is 17.5 Å². The van der Waals surface area contributed by atoms with E-state index in [1.54, 1.807) is 7.11 Å². The second-order valence-corrected chi connectivity index (χ2v) is 5.71. The van der Waals surface area contributed by atoms with E-state index in [0.29, 0.717) is 16.5 Å². The van der Waals surface area contributed by atoms with E-state index in [9.17, 15) is 9.59 Å². The molecule has 0 bridgehead atoms. The molecule has 2 N–H and O–H groups in total. The standard InChI is InChI=1S/C15H15N3O3S/c1-21-9-5-3-8(4-6-9)10-7-11(19)16-13-12(10)14(20)18-15(17-13)22-2/h3-6,10H,7H2,1-2H3,(H2,16,17,18,19,20)/t10-/m1/s1. The minimum absolute atomic E-state index is 0.140. The second kappa shape index (κ2) is 5.84. The molecule has 0 spiro atoms. The molecule has 0 fully saturated rings. The molecule has 1 amide bonds. The SMILES string of the molecule is COc1ccc([C@H]2CC(=O)Nc3nc(SC)[nH]c(=O)c32)cc1. The number of benzene rings is 1. The number of hydrogen-bond acceptors (Lipinski definition) is 5. The Bertz CT molecular complexity index is 771. The first-order valence-corrected chi connectivity index (χ1v) is 7.97. The molecule has 0 unspecified atom stereocenters. The zero-order valence-electron chi connectivity index (χ0n) is 12.2. The fourth-order valence-electron chi connectivity index (χ4n) is 2.57. The summed E-state index contributed by atoms with van der Waals surface area (Å²) in [5.74, 6) is 0.638. The van der Waals surface area contributed by atoms with Crippen molar-refractivity contribution in [2.24, 2.45) is 0 Å². The number of nitrogens with zero attached hydrogens (tertiary/aromatic N) is 1. The maximum Gasteiger partial charge on any atom is 0.257 e. The molecule has 0 radical (unpaired) electrons. The van der Waals surface area contributed by atoms with Crippen LogP contribution in [-0.2, 0) is 4.79 Å². The summed E-state index contributed by atoms with van der Waals surface area (Å²) in [4.78, 5) is 31.4. The second-order valence-electron chi connectivity index (χ2n) is 4.92. The Kier molecular flexibility index (Phi) is 3.89. The number of fused-ring (bicyclic) bond motifs is 1. The van der Waals surface area contributed by atoms with Gasteiger partial charge in [0, 0.05) is 12.3 Å². The zero-order valence-corrected chi connectivity index (χ0v) is 13.0. The summed E-state index contributed by atoms with van der Waals surface area (Å²) >= 11 is 1.32. The monoisotopic (exact) mass is 317 g/mol. The smallest absolute Gasteiger partial charge is 0.257 e. The molecule has 1 aromatic carbocycles. The van der Waals surface area contributed by atoms with E-state index in [2.05, 4.69) is 15.3 Å². The molecule has 1 aliphatic rings. The van der Waals surface area contributed by atoms with Gasteiger partial charge in [0.15, 0.2) is 5.16 Å². The fourth-order valence-corrected chi connectivity index (χ4v) is 2.95. The molecule has 0 saturated carbocycles. The van der Waals surface area contributed by atoms with E-state index < -0.39 is 0 Å². The van der Waals surface area contributed by atoms with Crippen molar-refractivity contribution in [3.63, 3.8) is 0 Å². The van der Waals surface area contributed by atoms with Crippen LogP contribution >= 0.6 is 11.8 Å². The van der Waals surface area contributed by atoms with E-state index >= 15 is 0 Å². The highest BCUT2D eigenvalue weighted by atomic mass is 32.2. The Morgan fingerprint density at radius 2 is 2.00 bits per heavy atom. The van der Waals surface area contributed by atoms with Gasteiger partial charge in [-0.05, 0) is 24.0 Å². The van der Waals surface area contributed by atoms with Gasteiger partial charge in [-0.25, -0.2) is 4.98 Å². The predicted octanol–water partition coefficient (Wildman–Crippen LogP) is 1.97. The quantitative estimate of drug-likeness (QED) is 0.668. The Morgan fingerprint density at radius 3 is 2.64 bits per heavy atom. The van der Waals surface area contributed by atoms with Crippen molar-refractivity contribution in [3.8, 4) is 5.75 Å². The number of carbonyl (C=O) groups is 1. The van der Waals surface area contributed by atoms with Crippen molar-refractivity contribution in [2.75, 3.05) is 18.7 Å². The Morgan fingerprint density at radius 1 is 1.27 bits per heavy atom. The van der Waals surface area contributed by atoms with Gasteiger partial charge in [-0.2, -0.15) is 0 Å². The van der Waals surface area contributed by atoms with Crippen LogP contribution in [0.3, 0.4) is 0 Å². The number of methoxy groups -OCH3 is 1. The maximum absolute atomic E-state index is 12.4. The minimum atomic E-state index is -0.304. The lowest BCUT2D eigenvalue weighted by Crippen LogP contribution is -2.31. The highest BCUT2D eigenvalue weighted by Gasteiger charge is 2.30. The van der Waals surface area contributed by atoms with Gasteiger partial charge in [-0.3, -0.25) is 9.59 Å². The number of aromatic nitrogens is 2. The molecule has 22 heavy (non-hydrogen) atoms. The van der Waals surface area contributed by atoms with Gasteiger partial charge in [0.25, 0.3) is 5.56 Å². The van der Waals surface area contributed by atoms with Gasteiger partial charge < -0.3 is 15.0 Å². The molecule has 0 aliphatic carbocycles. The van der Waals surface area contributed by atoms with Crippen LogP contribution in [0.4, 0.5) is 5.82 Å². The number of hydrogen-bond donors (Lipinski definition) is 2. The van der Waals surface area contributed by atoms with Crippen LogP contribution in [0, 0.1) is 0 Å². The number of aromatic amines is 1. The van der Waals surface area contributed by atoms with E-state index in [1.807, 2.05) is 30.5 Å². The summed E-state index contributed by atoms with van der Waals surface area (Å²) in [6, 6.07) is 7.38. The number of rotatable bonds is 3. The van der Waals surface area contributed by atoms with Crippen molar-refractivity contribution in [1.82, 2.24) is 9.97 Å². The number of thioether (sulfide) groups is 1. The van der Waals surface area contributed by atoms with Gasteiger partial charge in [0.2, 0.25) is 5.91 Å². The summed E-state index contributed by atoms with van der Waals surface area (Å²) in [5, 5.41) is 3.18. The normalized spacial score (nSPS) is 16.8. The van der Waals surface area contributed by atoms with E-state index in [4.69, 9.17) is 4.74 Å². The lowest BCUT2D eigenvalue weighted by Gasteiger charge is -2.24. The van der Waals surface area contributed by atoms with Gasteiger partial charge in [-0.1, -0.05) is 23.9 Å². The highest BCUT2D eigenvalue weighted by Crippen LogP contribution is 2.34. The first-order chi connectivity index (χ1) is 10.6. The highest BCUT2D eigenvalue weighted by molar-refractivity contribution is 7.98. The van der Waals surface area contributed by atoms with Crippen molar-refractivity contribution in [3.05, 3.63) is 45.7 Å². The molecule has 7 heteroatoms. The summed E-state index contributed by atoms with van der Waals surface area (Å²) in [6.45, 7) is 0.